The molecule has 1 aromatic carbocycles. The summed E-state index contributed by atoms with van der Waals surface area (Å²) in [7, 11) is 0. The first kappa shape index (κ1) is 12.6. The van der Waals surface area contributed by atoms with Gasteiger partial charge in [0.1, 0.15) is 6.04 Å². The summed E-state index contributed by atoms with van der Waals surface area (Å²) >= 11 is 0. The summed E-state index contributed by atoms with van der Waals surface area (Å²) in [6.07, 6.45) is 1.65. The third kappa shape index (κ3) is 2.39. The van der Waals surface area contributed by atoms with Crippen molar-refractivity contribution in [1.82, 2.24) is 0 Å². The number of carboxylic acid groups (broad SMARTS) is 1. The molecule has 1 fully saturated rings. The van der Waals surface area contributed by atoms with Crippen molar-refractivity contribution in [2.45, 2.75) is 18.9 Å². The largest absolute Gasteiger partial charge is 0.480 e. The predicted octanol–water partition coefficient (Wildman–Crippen LogP) is 1.74. The standard InChI is InChI=1S/C11H14N2O2.ClH/c12-8-3-5-9(6-4-8)13-7-1-2-10(13)11(14)15;/h3-6,10H,1-2,7,12H2,(H,14,15);1H. The predicted molar refractivity (Wildman–Crippen MR) is 66.1 cm³/mol. The second-order valence-corrected chi connectivity index (χ2v) is 3.78. The molecular weight excluding hydrogens is 228 g/mol. The maximum atomic E-state index is 11.0. The molecule has 1 unspecified atom stereocenters. The van der Waals surface area contributed by atoms with Crippen molar-refractivity contribution in [2.24, 2.45) is 0 Å². The quantitative estimate of drug-likeness (QED) is 0.776. The smallest absolute Gasteiger partial charge is 0.326 e. The zero-order valence-corrected chi connectivity index (χ0v) is 9.61. The Morgan fingerprint density at radius 2 is 2.00 bits per heavy atom. The third-order valence-corrected chi connectivity index (χ3v) is 2.76. The lowest BCUT2D eigenvalue weighted by molar-refractivity contribution is -0.138. The maximum Gasteiger partial charge on any atom is 0.326 e. The van der Waals surface area contributed by atoms with Crippen molar-refractivity contribution in [1.29, 1.82) is 0 Å². The summed E-state index contributed by atoms with van der Waals surface area (Å²) in [6.45, 7) is 0.806. The van der Waals surface area contributed by atoms with Crippen molar-refractivity contribution >= 4 is 29.8 Å². The van der Waals surface area contributed by atoms with E-state index in [2.05, 4.69) is 0 Å². The first-order chi connectivity index (χ1) is 7.18. The third-order valence-electron chi connectivity index (χ3n) is 2.76. The number of carboxylic acids is 1. The van der Waals surface area contributed by atoms with E-state index in [0.717, 1.165) is 25.1 Å². The van der Waals surface area contributed by atoms with Crippen molar-refractivity contribution in [2.75, 3.05) is 17.2 Å². The molecule has 88 valence electrons. The molecule has 0 amide bonds. The summed E-state index contributed by atoms with van der Waals surface area (Å²) in [6, 6.07) is 6.96. The van der Waals surface area contributed by atoms with Crippen LogP contribution in [0.25, 0.3) is 0 Å². The number of nitrogen functional groups attached to an aromatic ring is 1. The minimum Gasteiger partial charge on any atom is -0.480 e. The molecule has 0 bridgehead atoms. The Kier molecular flexibility index (Phi) is 4.01. The molecule has 0 radical (unpaired) electrons. The van der Waals surface area contributed by atoms with Gasteiger partial charge >= 0.3 is 5.97 Å². The average molecular weight is 243 g/mol. The van der Waals surface area contributed by atoms with Gasteiger partial charge < -0.3 is 15.7 Å². The van der Waals surface area contributed by atoms with Crippen LogP contribution in [0.4, 0.5) is 11.4 Å². The Balaban J connectivity index is 0.00000128. The van der Waals surface area contributed by atoms with Gasteiger partial charge in [-0.25, -0.2) is 4.79 Å². The van der Waals surface area contributed by atoms with Crippen molar-refractivity contribution < 1.29 is 9.90 Å². The minimum atomic E-state index is -0.746. The first-order valence-corrected chi connectivity index (χ1v) is 5.03. The van der Waals surface area contributed by atoms with Crippen LogP contribution in [-0.4, -0.2) is 23.7 Å². The zero-order chi connectivity index (χ0) is 10.8. The Hall–Kier alpha value is -1.42. The fraction of sp³-hybridized carbons (Fsp3) is 0.364. The Morgan fingerprint density at radius 3 is 2.56 bits per heavy atom. The highest BCUT2D eigenvalue weighted by atomic mass is 35.5. The molecule has 1 aromatic rings. The minimum absolute atomic E-state index is 0. The Bertz CT molecular complexity index is 367. The molecule has 3 N–H and O–H groups in total. The van der Waals surface area contributed by atoms with Crippen LogP contribution in [0.3, 0.4) is 0 Å². The fourth-order valence-corrected chi connectivity index (χ4v) is 2.00. The number of rotatable bonds is 2. The van der Waals surface area contributed by atoms with E-state index < -0.39 is 5.97 Å². The molecule has 0 aliphatic carbocycles. The van der Waals surface area contributed by atoms with Gasteiger partial charge in [-0.3, -0.25) is 0 Å². The molecule has 1 aliphatic heterocycles. The van der Waals surface area contributed by atoms with Gasteiger partial charge in [0.05, 0.1) is 0 Å². The van der Waals surface area contributed by atoms with Crippen LogP contribution in [0.15, 0.2) is 24.3 Å². The molecule has 1 atom stereocenters. The van der Waals surface area contributed by atoms with E-state index >= 15 is 0 Å². The van der Waals surface area contributed by atoms with Crippen LogP contribution >= 0.6 is 12.4 Å². The summed E-state index contributed by atoms with van der Waals surface area (Å²) in [5, 5.41) is 9.03. The van der Waals surface area contributed by atoms with E-state index in [4.69, 9.17) is 10.8 Å². The number of hydrogen-bond donors (Lipinski definition) is 2. The van der Waals surface area contributed by atoms with Gasteiger partial charge in [-0.15, -0.1) is 12.4 Å². The highest BCUT2D eigenvalue weighted by Crippen LogP contribution is 2.26. The zero-order valence-electron chi connectivity index (χ0n) is 8.80. The normalized spacial score (nSPS) is 19.2. The molecule has 16 heavy (non-hydrogen) atoms. The number of hydrogen-bond acceptors (Lipinski definition) is 3. The number of anilines is 2. The van der Waals surface area contributed by atoms with Gasteiger partial charge in [0.2, 0.25) is 0 Å². The van der Waals surface area contributed by atoms with Crippen molar-refractivity contribution in [3.05, 3.63) is 24.3 Å². The Labute approximate surface area is 100 Å². The number of halogens is 1. The lowest BCUT2D eigenvalue weighted by Crippen LogP contribution is -2.35. The van der Waals surface area contributed by atoms with Gasteiger partial charge in [0.15, 0.2) is 0 Å². The van der Waals surface area contributed by atoms with Gasteiger partial charge in [0.25, 0.3) is 0 Å². The van der Waals surface area contributed by atoms with Crippen LogP contribution < -0.4 is 10.6 Å². The average Bonchev–Trinajstić information content (AvgIpc) is 2.67. The van der Waals surface area contributed by atoms with Crippen LogP contribution in [0.1, 0.15) is 12.8 Å². The van der Waals surface area contributed by atoms with Crippen LogP contribution in [0.5, 0.6) is 0 Å². The summed E-state index contributed by atoms with van der Waals surface area (Å²) in [5.74, 6) is -0.746. The summed E-state index contributed by atoms with van der Waals surface area (Å²) in [4.78, 5) is 12.9. The summed E-state index contributed by atoms with van der Waals surface area (Å²) in [5.41, 5.74) is 7.22. The molecule has 2 rings (SSSR count). The van der Waals surface area contributed by atoms with Gasteiger partial charge in [-0.2, -0.15) is 0 Å². The van der Waals surface area contributed by atoms with E-state index in [0.29, 0.717) is 5.69 Å². The summed E-state index contributed by atoms with van der Waals surface area (Å²) < 4.78 is 0. The molecule has 0 aromatic heterocycles. The Morgan fingerprint density at radius 1 is 1.38 bits per heavy atom. The molecule has 0 saturated carbocycles. The molecule has 1 aliphatic rings. The topological polar surface area (TPSA) is 66.6 Å². The highest BCUT2D eigenvalue weighted by molar-refractivity contribution is 5.85. The fourth-order valence-electron chi connectivity index (χ4n) is 2.00. The van der Waals surface area contributed by atoms with Gasteiger partial charge in [-0.05, 0) is 37.1 Å². The molecular formula is C11H15ClN2O2. The molecule has 1 heterocycles. The first-order valence-electron chi connectivity index (χ1n) is 5.03. The van der Waals surface area contributed by atoms with E-state index in [1.54, 1.807) is 12.1 Å². The van der Waals surface area contributed by atoms with E-state index in [-0.39, 0.29) is 18.4 Å². The molecule has 4 nitrogen and oxygen atoms in total. The van der Waals surface area contributed by atoms with Crippen LogP contribution in [0, 0.1) is 0 Å². The number of nitrogens with two attached hydrogens (primary N) is 1. The van der Waals surface area contributed by atoms with E-state index in [1.807, 2.05) is 17.0 Å². The molecule has 5 heteroatoms. The number of aliphatic carboxylic acids is 1. The SMILES string of the molecule is Cl.Nc1ccc(N2CCCC2C(=O)O)cc1. The van der Waals surface area contributed by atoms with E-state index in [1.165, 1.54) is 0 Å². The number of nitrogens with zero attached hydrogens (tertiary/aromatic N) is 1. The van der Waals surface area contributed by atoms with E-state index in [9.17, 15) is 4.79 Å². The second kappa shape index (κ2) is 5.07. The monoisotopic (exact) mass is 242 g/mol. The highest BCUT2D eigenvalue weighted by Gasteiger charge is 2.30. The second-order valence-electron chi connectivity index (χ2n) is 3.78. The van der Waals surface area contributed by atoms with Gasteiger partial charge in [-0.1, -0.05) is 0 Å². The number of carbonyl (C=O) groups is 1. The van der Waals surface area contributed by atoms with Crippen molar-refractivity contribution in [3.8, 4) is 0 Å². The lowest BCUT2D eigenvalue weighted by Gasteiger charge is -2.23. The van der Waals surface area contributed by atoms with Crippen LogP contribution in [-0.2, 0) is 4.79 Å². The lowest BCUT2D eigenvalue weighted by atomic mass is 10.2. The number of benzene rings is 1. The van der Waals surface area contributed by atoms with Crippen LogP contribution in [0.2, 0.25) is 0 Å². The molecule has 0 spiro atoms. The molecule has 1 saturated heterocycles. The van der Waals surface area contributed by atoms with Gasteiger partial charge in [0, 0.05) is 17.9 Å². The maximum absolute atomic E-state index is 11.0. The van der Waals surface area contributed by atoms with Crippen molar-refractivity contribution in [3.63, 3.8) is 0 Å².